The molecule has 1 aromatic carbocycles. The van der Waals surface area contributed by atoms with Crippen LogP contribution in [0.5, 0.6) is 0 Å². The number of nitro benzene ring substituents is 1. The SMILES string of the molecule is CCC[NH+]1CCN(C(=O)Nc2ccc([N+](=O)[O-])cc2)CC1. The summed E-state index contributed by atoms with van der Waals surface area (Å²) in [5, 5.41) is 13.4. The Morgan fingerprint density at radius 1 is 1.33 bits per heavy atom. The fourth-order valence-electron chi connectivity index (χ4n) is 2.50. The zero-order valence-corrected chi connectivity index (χ0v) is 12.2. The molecule has 21 heavy (non-hydrogen) atoms. The third-order valence-corrected chi connectivity index (χ3v) is 3.69. The third kappa shape index (κ3) is 4.16. The Bertz CT molecular complexity index is 495. The number of piperazine rings is 1. The summed E-state index contributed by atoms with van der Waals surface area (Å²) >= 11 is 0. The van der Waals surface area contributed by atoms with Gasteiger partial charge in [0.15, 0.2) is 0 Å². The number of benzene rings is 1. The number of nitro groups is 1. The molecule has 1 fully saturated rings. The zero-order valence-electron chi connectivity index (χ0n) is 12.2. The molecule has 0 unspecified atom stereocenters. The first kappa shape index (κ1) is 15.2. The number of nitrogens with zero attached hydrogens (tertiary/aromatic N) is 2. The van der Waals surface area contributed by atoms with Crippen molar-refractivity contribution in [3.63, 3.8) is 0 Å². The van der Waals surface area contributed by atoms with Crippen LogP contribution in [0, 0.1) is 10.1 Å². The van der Waals surface area contributed by atoms with Crippen LogP contribution in [0.15, 0.2) is 24.3 Å². The number of rotatable bonds is 4. The first-order valence-corrected chi connectivity index (χ1v) is 7.24. The van der Waals surface area contributed by atoms with E-state index in [9.17, 15) is 14.9 Å². The van der Waals surface area contributed by atoms with E-state index in [4.69, 9.17) is 0 Å². The first-order valence-electron chi connectivity index (χ1n) is 7.24. The van der Waals surface area contributed by atoms with Crippen molar-refractivity contribution in [2.75, 3.05) is 38.0 Å². The van der Waals surface area contributed by atoms with E-state index >= 15 is 0 Å². The average molecular weight is 293 g/mol. The smallest absolute Gasteiger partial charge is 0.322 e. The molecule has 7 nitrogen and oxygen atoms in total. The highest BCUT2D eigenvalue weighted by atomic mass is 16.6. The fraction of sp³-hybridized carbons (Fsp3) is 0.500. The van der Waals surface area contributed by atoms with Crippen LogP contribution >= 0.6 is 0 Å². The fourth-order valence-corrected chi connectivity index (χ4v) is 2.50. The van der Waals surface area contributed by atoms with E-state index in [0.717, 1.165) is 39.1 Å². The van der Waals surface area contributed by atoms with Crippen molar-refractivity contribution >= 4 is 17.4 Å². The van der Waals surface area contributed by atoms with Gasteiger partial charge < -0.3 is 15.1 Å². The predicted molar refractivity (Wildman–Crippen MR) is 79.5 cm³/mol. The van der Waals surface area contributed by atoms with E-state index in [1.54, 1.807) is 17.0 Å². The van der Waals surface area contributed by atoms with Crippen LogP contribution in [0.1, 0.15) is 13.3 Å². The van der Waals surface area contributed by atoms with Crippen molar-refractivity contribution in [3.8, 4) is 0 Å². The molecule has 1 aliphatic rings. The van der Waals surface area contributed by atoms with Crippen molar-refractivity contribution in [2.45, 2.75) is 13.3 Å². The summed E-state index contributed by atoms with van der Waals surface area (Å²) in [6.07, 6.45) is 1.16. The van der Waals surface area contributed by atoms with Gasteiger partial charge in [-0.2, -0.15) is 0 Å². The van der Waals surface area contributed by atoms with E-state index in [0.29, 0.717) is 5.69 Å². The lowest BCUT2D eigenvalue weighted by Crippen LogP contribution is -3.14. The standard InChI is InChI=1S/C14H20N4O3/c1-2-7-16-8-10-17(11-9-16)14(19)15-12-3-5-13(6-4-12)18(20)21/h3-6H,2,7-11H2,1H3,(H,15,19)/p+1. The maximum atomic E-state index is 12.1. The number of amides is 2. The van der Waals surface area contributed by atoms with Crippen LogP contribution in [-0.2, 0) is 0 Å². The molecule has 2 amide bonds. The quantitative estimate of drug-likeness (QED) is 0.634. The first-order chi connectivity index (χ1) is 10.1. The zero-order chi connectivity index (χ0) is 15.2. The molecular formula is C14H21N4O3+. The monoisotopic (exact) mass is 293 g/mol. The highest BCUT2D eigenvalue weighted by Gasteiger charge is 2.23. The Hall–Kier alpha value is -2.15. The molecule has 114 valence electrons. The van der Waals surface area contributed by atoms with Gasteiger partial charge >= 0.3 is 6.03 Å². The molecule has 1 heterocycles. The van der Waals surface area contributed by atoms with Crippen molar-refractivity contribution in [1.82, 2.24) is 4.90 Å². The third-order valence-electron chi connectivity index (χ3n) is 3.69. The summed E-state index contributed by atoms with van der Waals surface area (Å²) in [6.45, 7) is 6.75. The van der Waals surface area contributed by atoms with Crippen molar-refractivity contribution in [2.24, 2.45) is 0 Å². The number of anilines is 1. The number of urea groups is 1. The molecule has 0 saturated carbocycles. The average Bonchev–Trinajstić information content (AvgIpc) is 2.49. The highest BCUT2D eigenvalue weighted by molar-refractivity contribution is 5.89. The molecule has 0 spiro atoms. The number of carbonyl (C=O) groups excluding carboxylic acids is 1. The summed E-state index contributed by atoms with van der Waals surface area (Å²) < 4.78 is 0. The second-order valence-corrected chi connectivity index (χ2v) is 5.22. The number of hydrogen-bond acceptors (Lipinski definition) is 3. The summed E-state index contributed by atoms with van der Waals surface area (Å²) in [4.78, 5) is 25.6. The van der Waals surface area contributed by atoms with E-state index in [1.807, 2.05) is 0 Å². The van der Waals surface area contributed by atoms with Gasteiger partial charge in [-0.25, -0.2) is 4.79 Å². The molecule has 2 rings (SSSR count). The van der Waals surface area contributed by atoms with Gasteiger partial charge in [0.1, 0.15) is 0 Å². The van der Waals surface area contributed by atoms with Gasteiger partial charge in [-0.3, -0.25) is 10.1 Å². The molecule has 0 aromatic heterocycles. The van der Waals surface area contributed by atoms with Gasteiger partial charge in [-0.1, -0.05) is 6.92 Å². The van der Waals surface area contributed by atoms with Gasteiger partial charge in [0, 0.05) is 17.8 Å². The molecule has 1 aromatic rings. The summed E-state index contributed by atoms with van der Waals surface area (Å²) in [6, 6.07) is 5.74. The van der Waals surface area contributed by atoms with E-state index in [-0.39, 0.29) is 11.7 Å². The summed E-state index contributed by atoms with van der Waals surface area (Å²) in [5.41, 5.74) is 0.596. The van der Waals surface area contributed by atoms with Crippen LogP contribution in [0.25, 0.3) is 0 Å². The van der Waals surface area contributed by atoms with Crippen LogP contribution in [-0.4, -0.2) is 48.6 Å². The molecule has 0 bridgehead atoms. The maximum absolute atomic E-state index is 12.1. The van der Waals surface area contributed by atoms with Gasteiger partial charge in [-0.05, 0) is 18.6 Å². The van der Waals surface area contributed by atoms with Crippen LogP contribution in [0.3, 0.4) is 0 Å². The van der Waals surface area contributed by atoms with Gasteiger partial charge in [0.2, 0.25) is 0 Å². The van der Waals surface area contributed by atoms with Crippen LogP contribution < -0.4 is 10.2 Å². The van der Waals surface area contributed by atoms with E-state index in [1.165, 1.54) is 17.0 Å². The van der Waals surface area contributed by atoms with E-state index in [2.05, 4.69) is 12.2 Å². The largest absolute Gasteiger partial charge is 0.332 e. The maximum Gasteiger partial charge on any atom is 0.322 e. The van der Waals surface area contributed by atoms with Gasteiger partial charge in [0.05, 0.1) is 37.6 Å². The van der Waals surface area contributed by atoms with Crippen molar-refractivity contribution in [1.29, 1.82) is 0 Å². The Balaban J connectivity index is 1.86. The highest BCUT2D eigenvalue weighted by Crippen LogP contribution is 2.15. The minimum atomic E-state index is -0.457. The molecule has 2 N–H and O–H groups in total. The number of nitrogens with one attached hydrogen (secondary N) is 2. The Labute approximate surface area is 123 Å². The lowest BCUT2D eigenvalue weighted by molar-refractivity contribution is -0.904. The summed E-state index contributed by atoms with van der Waals surface area (Å²) in [5.74, 6) is 0. The minimum Gasteiger partial charge on any atom is -0.332 e. The Morgan fingerprint density at radius 3 is 2.48 bits per heavy atom. The molecule has 0 radical (unpaired) electrons. The predicted octanol–water partition coefficient (Wildman–Crippen LogP) is 0.737. The molecular weight excluding hydrogens is 272 g/mol. The molecule has 1 saturated heterocycles. The second-order valence-electron chi connectivity index (χ2n) is 5.22. The van der Waals surface area contributed by atoms with Crippen molar-refractivity contribution in [3.05, 3.63) is 34.4 Å². The van der Waals surface area contributed by atoms with Crippen LogP contribution in [0.2, 0.25) is 0 Å². The van der Waals surface area contributed by atoms with E-state index < -0.39 is 4.92 Å². The van der Waals surface area contributed by atoms with Gasteiger partial charge in [0.25, 0.3) is 5.69 Å². The molecule has 7 heteroatoms. The number of carbonyl (C=O) groups is 1. The van der Waals surface area contributed by atoms with Crippen molar-refractivity contribution < 1.29 is 14.6 Å². The minimum absolute atomic E-state index is 0.0183. The Kier molecular flexibility index (Phi) is 5.10. The normalized spacial score (nSPS) is 15.8. The lowest BCUT2D eigenvalue weighted by atomic mass is 10.3. The van der Waals surface area contributed by atoms with Crippen LogP contribution in [0.4, 0.5) is 16.2 Å². The lowest BCUT2D eigenvalue weighted by Gasteiger charge is -2.32. The topological polar surface area (TPSA) is 79.9 Å². The number of quaternary nitrogens is 1. The second kappa shape index (κ2) is 7.03. The number of hydrogen-bond donors (Lipinski definition) is 2. The molecule has 0 aliphatic carbocycles. The Morgan fingerprint density at radius 2 is 1.95 bits per heavy atom. The summed E-state index contributed by atoms with van der Waals surface area (Å²) in [7, 11) is 0. The molecule has 1 aliphatic heterocycles. The number of non-ortho nitro benzene ring substituents is 1. The van der Waals surface area contributed by atoms with Gasteiger partial charge in [-0.15, -0.1) is 0 Å². The molecule has 0 atom stereocenters.